The first-order valence-corrected chi connectivity index (χ1v) is 5.36. The molecule has 0 unspecified atom stereocenters. The second-order valence-corrected chi connectivity index (χ2v) is 4.23. The lowest BCUT2D eigenvalue weighted by Crippen LogP contribution is -2.32. The summed E-state index contributed by atoms with van der Waals surface area (Å²) in [5, 5.41) is 0.964. The summed E-state index contributed by atoms with van der Waals surface area (Å²) in [5.74, 6) is -0.0572. The maximum atomic E-state index is 11.2. The van der Waals surface area contributed by atoms with Crippen LogP contribution < -0.4 is 5.73 Å². The number of likely N-dealkylation sites (N-methyl/N-ethyl adjacent to an activating group) is 1. The van der Waals surface area contributed by atoms with Crippen LogP contribution in [0.25, 0.3) is 0 Å². The van der Waals surface area contributed by atoms with Gasteiger partial charge in [0, 0.05) is 18.1 Å². The van der Waals surface area contributed by atoms with E-state index in [1.807, 2.05) is 6.20 Å². The summed E-state index contributed by atoms with van der Waals surface area (Å²) >= 11 is 1.64. The van der Waals surface area contributed by atoms with Crippen LogP contribution in [0.5, 0.6) is 0 Å². The second kappa shape index (κ2) is 5.07. The lowest BCUT2D eigenvalue weighted by Gasteiger charge is -2.13. The topological polar surface area (TPSA) is 59.2 Å². The Morgan fingerprint density at radius 1 is 1.71 bits per heavy atom. The maximum absolute atomic E-state index is 11.2. The molecule has 4 nitrogen and oxygen atoms in total. The number of aryl methyl sites for hydroxylation is 1. The quantitative estimate of drug-likeness (QED) is 0.797. The molecule has 1 aromatic rings. The monoisotopic (exact) mass is 213 g/mol. The van der Waals surface area contributed by atoms with E-state index in [2.05, 4.69) is 11.9 Å². The summed E-state index contributed by atoms with van der Waals surface area (Å²) in [7, 11) is 1.74. The van der Waals surface area contributed by atoms with Gasteiger partial charge in [-0.2, -0.15) is 0 Å². The zero-order valence-corrected chi connectivity index (χ0v) is 9.30. The van der Waals surface area contributed by atoms with Crippen LogP contribution in [0, 0.1) is 0 Å². The maximum Gasteiger partial charge on any atom is 0.236 e. The molecule has 0 aliphatic heterocycles. The Kier molecular flexibility index (Phi) is 4.03. The molecule has 78 valence electrons. The van der Waals surface area contributed by atoms with E-state index in [4.69, 9.17) is 5.73 Å². The lowest BCUT2D eigenvalue weighted by atomic mass is 10.4. The normalized spacial score (nSPS) is 10.2. The minimum atomic E-state index is -0.0572. The molecule has 1 rings (SSSR count). The molecule has 1 heterocycles. The van der Waals surface area contributed by atoms with E-state index in [1.54, 1.807) is 23.3 Å². The molecule has 0 aliphatic carbocycles. The van der Waals surface area contributed by atoms with E-state index >= 15 is 0 Å². The first kappa shape index (κ1) is 11.1. The van der Waals surface area contributed by atoms with Crippen LogP contribution in [0.3, 0.4) is 0 Å². The zero-order chi connectivity index (χ0) is 10.6. The Bertz CT molecular complexity index is 311. The Hall–Kier alpha value is -0.940. The largest absolute Gasteiger partial charge is 0.338 e. The van der Waals surface area contributed by atoms with Crippen molar-refractivity contribution in [3.05, 3.63) is 16.1 Å². The molecule has 0 bridgehead atoms. The number of carbonyl (C=O) groups is 1. The molecule has 5 heteroatoms. The van der Waals surface area contributed by atoms with Crippen molar-refractivity contribution in [2.45, 2.75) is 19.9 Å². The number of carbonyl (C=O) groups excluding carboxylic acids is 1. The van der Waals surface area contributed by atoms with Crippen molar-refractivity contribution in [3.8, 4) is 0 Å². The molecular formula is C9H15N3OS. The van der Waals surface area contributed by atoms with Gasteiger partial charge < -0.3 is 10.6 Å². The van der Waals surface area contributed by atoms with Gasteiger partial charge in [0.1, 0.15) is 5.01 Å². The van der Waals surface area contributed by atoms with E-state index in [9.17, 15) is 4.79 Å². The van der Waals surface area contributed by atoms with Crippen molar-refractivity contribution < 1.29 is 4.79 Å². The van der Waals surface area contributed by atoms with Gasteiger partial charge in [0.25, 0.3) is 0 Å². The number of aromatic nitrogens is 1. The molecule has 0 spiro atoms. The minimum Gasteiger partial charge on any atom is -0.338 e. The molecule has 0 saturated carbocycles. The highest BCUT2D eigenvalue weighted by Gasteiger charge is 2.09. The Labute approximate surface area is 87.7 Å². The molecule has 1 aromatic heterocycles. The Balaban J connectivity index is 2.55. The summed E-state index contributed by atoms with van der Waals surface area (Å²) in [6.45, 7) is 2.70. The Morgan fingerprint density at radius 2 is 2.43 bits per heavy atom. The van der Waals surface area contributed by atoms with Crippen LogP contribution in [-0.4, -0.2) is 29.4 Å². The number of rotatable bonds is 4. The number of nitrogens with two attached hydrogens (primary N) is 1. The fourth-order valence-corrected chi connectivity index (χ4v) is 1.95. The van der Waals surface area contributed by atoms with Crippen LogP contribution in [0.15, 0.2) is 6.20 Å². The van der Waals surface area contributed by atoms with Gasteiger partial charge in [0.2, 0.25) is 5.91 Å². The summed E-state index contributed by atoms with van der Waals surface area (Å²) in [6, 6.07) is 0. The van der Waals surface area contributed by atoms with Gasteiger partial charge in [-0.1, -0.05) is 6.92 Å². The number of hydrogen-bond donors (Lipinski definition) is 1. The van der Waals surface area contributed by atoms with Gasteiger partial charge in [-0.25, -0.2) is 4.98 Å². The van der Waals surface area contributed by atoms with Crippen molar-refractivity contribution >= 4 is 17.2 Å². The predicted molar refractivity (Wildman–Crippen MR) is 57.0 cm³/mol. The third kappa shape index (κ3) is 2.78. The standard InChI is InChI=1S/C9H15N3OS/c1-3-7-5-11-8(14-7)6-12(2)9(13)4-10/h5H,3-4,6,10H2,1-2H3. The van der Waals surface area contributed by atoms with E-state index < -0.39 is 0 Å². The van der Waals surface area contributed by atoms with Crippen LogP contribution >= 0.6 is 11.3 Å². The zero-order valence-electron chi connectivity index (χ0n) is 8.49. The molecule has 0 saturated heterocycles. The average molecular weight is 213 g/mol. The summed E-state index contributed by atoms with van der Waals surface area (Å²) < 4.78 is 0. The number of nitrogens with zero attached hydrogens (tertiary/aromatic N) is 2. The van der Waals surface area contributed by atoms with Crippen molar-refractivity contribution in [2.24, 2.45) is 5.73 Å². The van der Waals surface area contributed by atoms with Crippen LogP contribution in [0.4, 0.5) is 0 Å². The third-order valence-electron chi connectivity index (χ3n) is 1.92. The highest BCUT2D eigenvalue weighted by Crippen LogP contribution is 2.14. The summed E-state index contributed by atoms with van der Waals surface area (Å²) in [4.78, 5) is 18.2. The van der Waals surface area contributed by atoms with E-state index in [0.717, 1.165) is 11.4 Å². The van der Waals surface area contributed by atoms with Crippen molar-refractivity contribution in [1.29, 1.82) is 0 Å². The molecule has 0 atom stereocenters. The molecule has 0 aliphatic rings. The van der Waals surface area contributed by atoms with Gasteiger partial charge in [0.15, 0.2) is 0 Å². The van der Waals surface area contributed by atoms with Gasteiger partial charge in [-0.05, 0) is 6.42 Å². The highest BCUT2D eigenvalue weighted by molar-refractivity contribution is 7.11. The second-order valence-electron chi connectivity index (χ2n) is 3.03. The third-order valence-corrected chi connectivity index (χ3v) is 3.05. The number of amides is 1. The number of hydrogen-bond acceptors (Lipinski definition) is 4. The fourth-order valence-electron chi connectivity index (χ4n) is 1.03. The molecular weight excluding hydrogens is 198 g/mol. The first-order chi connectivity index (χ1) is 6.67. The van der Waals surface area contributed by atoms with E-state index in [0.29, 0.717) is 6.54 Å². The molecule has 1 amide bonds. The van der Waals surface area contributed by atoms with E-state index in [-0.39, 0.29) is 12.5 Å². The minimum absolute atomic E-state index is 0.0572. The van der Waals surface area contributed by atoms with Crippen LogP contribution in [0.2, 0.25) is 0 Å². The molecule has 0 aromatic carbocycles. The first-order valence-electron chi connectivity index (χ1n) is 4.55. The van der Waals surface area contributed by atoms with Crippen molar-refractivity contribution in [1.82, 2.24) is 9.88 Å². The summed E-state index contributed by atoms with van der Waals surface area (Å²) in [5.41, 5.74) is 5.25. The fraction of sp³-hybridized carbons (Fsp3) is 0.556. The van der Waals surface area contributed by atoms with Gasteiger partial charge >= 0.3 is 0 Å². The predicted octanol–water partition coefficient (Wildman–Crippen LogP) is 0.623. The molecule has 14 heavy (non-hydrogen) atoms. The Morgan fingerprint density at radius 3 is 2.93 bits per heavy atom. The number of thiazole rings is 1. The SMILES string of the molecule is CCc1cnc(CN(C)C(=O)CN)s1. The summed E-state index contributed by atoms with van der Waals surface area (Å²) in [6.07, 6.45) is 2.85. The van der Waals surface area contributed by atoms with Crippen LogP contribution in [-0.2, 0) is 17.8 Å². The van der Waals surface area contributed by atoms with Gasteiger partial charge in [-0.15, -0.1) is 11.3 Å². The highest BCUT2D eigenvalue weighted by atomic mass is 32.1. The van der Waals surface area contributed by atoms with Crippen LogP contribution in [0.1, 0.15) is 16.8 Å². The van der Waals surface area contributed by atoms with Crippen molar-refractivity contribution in [2.75, 3.05) is 13.6 Å². The van der Waals surface area contributed by atoms with Gasteiger partial charge in [-0.3, -0.25) is 4.79 Å². The molecule has 0 fully saturated rings. The van der Waals surface area contributed by atoms with Crippen molar-refractivity contribution in [3.63, 3.8) is 0 Å². The molecule has 0 radical (unpaired) electrons. The molecule has 2 N–H and O–H groups in total. The lowest BCUT2D eigenvalue weighted by molar-refractivity contribution is -0.128. The van der Waals surface area contributed by atoms with E-state index in [1.165, 1.54) is 4.88 Å². The average Bonchev–Trinajstić information content (AvgIpc) is 2.64. The van der Waals surface area contributed by atoms with Gasteiger partial charge in [0.05, 0.1) is 13.1 Å². The smallest absolute Gasteiger partial charge is 0.236 e.